The lowest BCUT2D eigenvalue weighted by atomic mass is 10.1. The number of hydrogen-bond acceptors (Lipinski definition) is 2. The van der Waals surface area contributed by atoms with Gasteiger partial charge in [-0.15, -0.1) is 0 Å². The van der Waals surface area contributed by atoms with Crippen molar-refractivity contribution in [3.63, 3.8) is 0 Å². The van der Waals surface area contributed by atoms with Gasteiger partial charge in [0, 0.05) is 18.6 Å². The van der Waals surface area contributed by atoms with Crippen LogP contribution in [0.2, 0.25) is 0 Å². The summed E-state index contributed by atoms with van der Waals surface area (Å²) >= 11 is 0. The van der Waals surface area contributed by atoms with E-state index in [1.807, 2.05) is 0 Å². The van der Waals surface area contributed by atoms with E-state index in [1.54, 1.807) is 0 Å². The molecule has 2 heteroatoms. The Bertz CT molecular complexity index is 123. The fraction of sp³-hybridized carbons (Fsp3) is 1.00. The van der Waals surface area contributed by atoms with Gasteiger partial charge in [-0.2, -0.15) is 0 Å². The van der Waals surface area contributed by atoms with Crippen molar-refractivity contribution in [2.75, 3.05) is 20.1 Å². The number of hydrogen-bond donors (Lipinski definition) is 1. The predicted molar refractivity (Wildman–Crippen MR) is 53.4 cm³/mol. The van der Waals surface area contributed by atoms with Gasteiger partial charge in [0.2, 0.25) is 0 Å². The average Bonchev–Trinajstić information content (AvgIpc) is 2.12. The molecule has 1 atom stereocenters. The highest BCUT2D eigenvalue weighted by atomic mass is 15.1. The third kappa shape index (κ3) is 3.55. The molecule has 0 aromatic heterocycles. The van der Waals surface area contributed by atoms with Crippen LogP contribution in [0.3, 0.4) is 0 Å². The van der Waals surface area contributed by atoms with E-state index in [0.717, 1.165) is 6.04 Å². The lowest BCUT2D eigenvalue weighted by molar-refractivity contribution is 0.301. The highest BCUT2D eigenvalue weighted by molar-refractivity contribution is 4.75. The summed E-state index contributed by atoms with van der Waals surface area (Å²) in [6.45, 7) is 6.95. The Morgan fingerprint density at radius 2 is 2.08 bits per heavy atom. The zero-order chi connectivity index (χ0) is 8.97. The third-order valence-electron chi connectivity index (χ3n) is 2.44. The van der Waals surface area contributed by atoms with Gasteiger partial charge >= 0.3 is 0 Å². The van der Waals surface area contributed by atoms with E-state index < -0.39 is 0 Å². The second kappa shape index (κ2) is 4.83. The molecule has 0 aliphatic carbocycles. The van der Waals surface area contributed by atoms with Crippen molar-refractivity contribution in [2.45, 2.75) is 45.2 Å². The Morgan fingerprint density at radius 3 is 2.75 bits per heavy atom. The monoisotopic (exact) mass is 170 g/mol. The van der Waals surface area contributed by atoms with Gasteiger partial charge in [0.15, 0.2) is 0 Å². The Hall–Kier alpha value is -0.0800. The van der Waals surface area contributed by atoms with E-state index in [9.17, 15) is 0 Å². The van der Waals surface area contributed by atoms with Crippen LogP contribution in [-0.4, -0.2) is 37.1 Å². The first-order valence-electron chi connectivity index (χ1n) is 5.13. The van der Waals surface area contributed by atoms with Gasteiger partial charge in [-0.25, -0.2) is 0 Å². The number of likely N-dealkylation sites (N-methyl/N-ethyl adjacent to an activating group) is 1. The van der Waals surface area contributed by atoms with Crippen molar-refractivity contribution in [2.24, 2.45) is 0 Å². The van der Waals surface area contributed by atoms with Gasteiger partial charge in [-0.3, -0.25) is 0 Å². The summed E-state index contributed by atoms with van der Waals surface area (Å²) in [4.78, 5) is 2.44. The Labute approximate surface area is 76.3 Å². The molecule has 2 nitrogen and oxygen atoms in total. The van der Waals surface area contributed by atoms with Crippen molar-refractivity contribution in [3.8, 4) is 0 Å². The van der Waals surface area contributed by atoms with E-state index in [4.69, 9.17) is 0 Å². The Morgan fingerprint density at radius 1 is 1.33 bits per heavy atom. The molecule has 0 spiro atoms. The summed E-state index contributed by atoms with van der Waals surface area (Å²) in [5.41, 5.74) is 0. The number of rotatable bonds is 2. The molecule has 1 heterocycles. The van der Waals surface area contributed by atoms with Crippen molar-refractivity contribution in [3.05, 3.63) is 0 Å². The van der Waals surface area contributed by atoms with Gasteiger partial charge < -0.3 is 10.2 Å². The first kappa shape index (κ1) is 10.0. The van der Waals surface area contributed by atoms with Crippen LogP contribution in [0.4, 0.5) is 0 Å². The number of likely N-dealkylation sites (tertiary alicyclic amines) is 1. The molecule has 0 amide bonds. The largest absolute Gasteiger partial charge is 0.311 e. The molecule has 0 bridgehead atoms. The molecule has 12 heavy (non-hydrogen) atoms. The maximum Gasteiger partial charge on any atom is 0.0197 e. The third-order valence-corrected chi connectivity index (χ3v) is 2.44. The van der Waals surface area contributed by atoms with Gasteiger partial charge in [-0.1, -0.05) is 20.3 Å². The molecule has 0 aromatic rings. The molecular weight excluding hydrogens is 148 g/mol. The van der Waals surface area contributed by atoms with Crippen molar-refractivity contribution < 1.29 is 0 Å². The fourth-order valence-electron chi connectivity index (χ4n) is 1.94. The molecule has 1 rings (SSSR count). The maximum atomic E-state index is 3.61. The molecule has 0 radical (unpaired) electrons. The van der Waals surface area contributed by atoms with Crippen LogP contribution in [0.15, 0.2) is 0 Å². The Kier molecular flexibility index (Phi) is 4.02. The predicted octanol–water partition coefficient (Wildman–Crippen LogP) is 1.47. The minimum absolute atomic E-state index is 0.626. The molecule has 1 aliphatic heterocycles. The molecule has 72 valence electrons. The topological polar surface area (TPSA) is 15.3 Å². The van der Waals surface area contributed by atoms with Gasteiger partial charge in [-0.05, 0) is 26.4 Å². The first-order valence-corrected chi connectivity index (χ1v) is 5.13. The number of nitrogens with zero attached hydrogens (tertiary/aromatic N) is 1. The minimum atomic E-state index is 0.626. The minimum Gasteiger partial charge on any atom is -0.311 e. The SMILES string of the molecule is CC(C)NC1CCCCN(C)C1. The quantitative estimate of drug-likeness (QED) is 0.675. The van der Waals surface area contributed by atoms with E-state index >= 15 is 0 Å². The molecule has 0 aromatic carbocycles. The molecule has 0 saturated carbocycles. The van der Waals surface area contributed by atoms with Crippen LogP contribution in [-0.2, 0) is 0 Å². The normalized spacial score (nSPS) is 27.5. The lowest BCUT2D eigenvalue weighted by Crippen LogP contribution is -2.41. The van der Waals surface area contributed by atoms with E-state index in [-0.39, 0.29) is 0 Å². The van der Waals surface area contributed by atoms with Crippen LogP contribution in [0.25, 0.3) is 0 Å². The molecule has 1 fully saturated rings. The first-order chi connectivity index (χ1) is 5.68. The number of nitrogens with one attached hydrogen (secondary N) is 1. The van der Waals surface area contributed by atoms with E-state index in [0.29, 0.717) is 6.04 Å². The smallest absolute Gasteiger partial charge is 0.0197 e. The lowest BCUT2D eigenvalue weighted by Gasteiger charge is -2.23. The molecule has 1 N–H and O–H groups in total. The molecule has 1 saturated heterocycles. The fourth-order valence-corrected chi connectivity index (χ4v) is 1.94. The van der Waals surface area contributed by atoms with E-state index in [2.05, 4.69) is 31.1 Å². The van der Waals surface area contributed by atoms with Gasteiger partial charge in [0.05, 0.1) is 0 Å². The highest BCUT2D eigenvalue weighted by Crippen LogP contribution is 2.09. The average molecular weight is 170 g/mol. The summed E-state index contributed by atoms with van der Waals surface area (Å²) in [7, 11) is 2.22. The van der Waals surface area contributed by atoms with Crippen LogP contribution >= 0.6 is 0 Å². The Balaban J connectivity index is 2.31. The van der Waals surface area contributed by atoms with E-state index in [1.165, 1.54) is 32.4 Å². The highest BCUT2D eigenvalue weighted by Gasteiger charge is 2.15. The van der Waals surface area contributed by atoms with Crippen molar-refractivity contribution in [1.29, 1.82) is 0 Å². The van der Waals surface area contributed by atoms with Crippen molar-refractivity contribution >= 4 is 0 Å². The van der Waals surface area contributed by atoms with Crippen molar-refractivity contribution in [1.82, 2.24) is 10.2 Å². The summed E-state index contributed by atoms with van der Waals surface area (Å²) < 4.78 is 0. The maximum absolute atomic E-state index is 3.61. The van der Waals surface area contributed by atoms with Crippen LogP contribution in [0.1, 0.15) is 33.1 Å². The van der Waals surface area contributed by atoms with Gasteiger partial charge in [0.25, 0.3) is 0 Å². The standard InChI is InChI=1S/C10H22N2/c1-9(2)11-10-6-4-5-7-12(3)8-10/h9-11H,4-8H2,1-3H3. The summed E-state index contributed by atoms with van der Waals surface area (Å²) in [6, 6.07) is 1.35. The van der Waals surface area contributed by atoms with Crippen LogP contribution < -0.4 is 5.32 Å². The molecule has 1 unspecified atom stereocenters. The van der Waals surface area contributed by atoms with Crippen LogP contribution in [0, 0.1) is 0 Å². The molecular formula is C10H22N2. The summed E-state index contributed by atoms with van der Waals surface area (Å²) in [6.07, 6.45) is 4.10. The van der Waals surface area contributed by atoms with Crippen LogP contribution in [0.5, 0.6) is 0 Å². The zero-order valence-electron chi connectivity index (χ0n) is 8.64. The summed E-state index contributed by atoms with van der Waals surface area (Å²) in [5.74, 6) is 0. The second-order valence-corrected chi connectivity index (χ2v) is 4.28. The van der Waals surface area contributed by atoms with Gasteiger partial charge in [0.1, 0.15) is 0 Å². The summed E-state index contributed by atoms with van der Waals surface area (Å²) in [5, 5.41) is 3.61. The molecule has 1 aliphatic rings. The second-order valence-electron chi connectivity index (χ2n) is 4.28. The zero-order valence-corrected chi connectivity index (χ0v) is 8.64.